The van der Waals surface area contributed by atoms with Crippen LogP contribution in [0.5, 0.6) is 0 Å². The molecule has 0 spiro atoms. The lowest BCUT2D eigenvalue weighted by Gasteiger charge is -2.37. The molecule has 3 heterocycles. The molecule has 28 heavy (non-hydrogen) atoms. The Morgan fingerprint density at radius 2 is 2.00 bits per heavy atom. The van der Waals surface area contributed by atoms with Crippen LogP contribution in [0.15, 0.2) is 23.7 Å². The van der Waals surface area contributed by atoms with E-state index >= 15 is 0 Å². The van der Waals surface area contributed by atoms with Gasteiger partial charge in [-0.15, -0.1) is 0 Å². The van der Waals surface area contributed by atoms with Gasteiger partial charge in [-0.25, -0.2) is 28.1 Å². The van der Waals surface area contributed by atoms with Crippen LogP contribution >= 0.6 is 0 Å². The second-order valence-corrected chi connectivity index (χ2v) is 9.93. The number of anilines is 1. The van der Waals surface area contributed by atoms with Crippen LogP contribution in [0.1, 0.15) is 37.6 Å². The maximum atomic E-state index is 12.8. The molecule has 0 saturated carbocycles. The van der Waals surface area contributed by atoms with E-state index < -0.39 is 10.0 Å². The van der Waals surface area contributed by atoms with Crippen molar-refractivity contribution in [3.05, 3.63) is 30.0 Å². The number of hydrogen-bond acceptors (Lipinski definition) is 7. The monoisotopic (exact) mass is 406 g/mol. The Labute approximate surface area is 165 Å². The third-order valence-electron chi connectivity index (χ3n) is 5.21. The highest BCUT2D eigenvalue weighted by molar-refractivity contribution is 7.89. The zero-order chi connectivity index (χ0) is 19.9. The first-order valence-corrected chi connectivity index (χ1v) is 10.9. The van der Waals surface area contributed by atoms with Crippen molar-refractivity contribution >= 4 is 16.0 Å². The zero-order valence-corrected chi connectivity index (χ0v) is 17.2. The van der Waals surface area contributed by atoms with E-state index in [1.807, 2.05) is 0 Å². The van der Waals surface area contributed by atoms with Crippen LogP contribution < -0.4 is 9.62 Å². The zero-order valence-electron chi connectivity index (χ0n) is 16.4. The van der Waals surface area contributed by atoms with Crippen molar-refractivity contribution in [3.63, 3.8) is 0 Å². The van der Waals surface area contributed by atoms with Gasteiger partial charge in [0.1, 0.15) is 0 Å². The predicted octanol–water partition coefficient (Wildman–Crippen LogP) is 1.04. The smallest absolute Gasteiger partial charge is 0.260 e. The van der Waals surface area contributed by atoms with Gasteiger partial charge in [0.2, 0.25) is 5.95 Å². The van der Waals surface area contributed by atoms with Crippen LogP contribution in [0.4, 0.5) is 5.95 Å². The summed E-state index contributed by atoms with van der Waals surface area (Å²) < 4.78 is 35.4. The van der Waals surface area contributed by atoms with Crippen LogP contribution in [0.3, 0.4) is 0 Å². The fraction of sp³-hybridized carbons (Fsp3) is 0.611. The molecule has 1 aliphatic heterocycles. The molecule has 1 atom stereocenters. The van der Waals surface area contributed by atoms with Gasteiger partial charge in [0.15, 0.2) is 5.03 Å². The minimum atomic E-state index is -3.73. The van der Waals surface area contributed by atoms with Gasteiger partial charge in [0, 0.05) is 38.1 Å². The Bertz CT molecular complexity index is 965. The molecule has 2 aliphatic rings. The molecule has 1 saturated heterocycles. The number of aromatic nitrogens is 4. The van der Waals surface area contributed by atoms with Gasteiger partial charge in [-0.1, -0.05) is 13.8 Å². The molecule has 9 nitrogen and oxygen atoms in total. The first-order chi connectivity index (χ1) is 13.2. The van der Waals surface area contributed by atoms with E-state index in [2.05, 4.69) is 33.4 Å². The van der Waals surface area contributed by atoms with Crippen molar-refractivity contribution in [2.75, 3.05) is 31.2 Å². The third-order valence-corrected chi connectivity index (χ3v) is 6.57. The average Bonchev–Trinajstić information content (AvgIpc) is 3.08. The second-order valence-electron chi connectivity index (χ2n) is 8.27. The normalized spacial score (nSPS) is 22.1. The summed E-state index contributed by atoms with van der Waals surface area (Å²) in [5.74, 6) is 0.686. The van der Waals surface area contributed by atoms with E-state index in [1.54, 1.807) is 17.8 Å². The van der Waals surface area contributed by atoms with E-state index in [0.29, 0.717) is 25.6 Å². The second kappa shape index (κ2) is 7.09. The van der Waals surface area contributed by atoms with Crippen molar-refractivity contribution in [1.82, 2.24) is 24.2 Å². The van der Waals surface area contributed by atoms with E-state index in [0.717, 1.165) is 30.8 Å². The number of nitrogens with one attached hydrogen (secondary N) is 1. The topological polar surface area (TPSA) is 102 Å². The van der Waals surface area contributed by atoms with Crippen LogP contribution in [0.2, 0.25) is 0 Å². The Hall–Kier alpha value is -2.04. The number of fused-ring (bicyclic) bond motifs is 1. The number of sulfonamides is 1. The first kappa shape index (κ1) is 19.3. The van der Waals surface area contributed by atoms with Gasteiger partial charge in [0.05, 0.1) is 31.3 Å². The highest BCUT2D eigenvalue weighted by Crippen LogP contribution is 2.40. The molecular formula is C18H26N6O3S. The third kappa shape index (κ3) is 3.89. The van der Waals surface area contributed by atoms with Gasteiger partial charge >= 0.3 is 0 Å². The maximum Gasteiger partial charge on any atom is 0.260 e. The quantitative estimate of drug-likeness (QED) is 0.809. The minimum Gasteiger partial charge on any atom is -0.378 e. The highest BCUT2D eigenvalue weighted by atomic mass is 32.2. The van der Waals surface area contributed by atoms with E-state index in [9.17, 15) is 8.42 Å². The predicted molar refractivity (Wildman–Crippen MR) is 103 cm³/mol. The number of aryl methyl sites for hydroxylation is 1. The van der Waals surface area contributed by atoms with Crippen LogP contribution in [0.25, 0.3) is 0 Å². The molecule has 0 aromatic carbocycles. The molecule has 4 rings (SSSR count). The largest absolute Gasteiger partial charge is 0.378 e. The van der Waals surface area contributed by atoms with Gasteiger partial charge in [0.25, 0.3) is 10.0 Å². The molecule has 2 aromatic heterocycles. The highest BCUT2D eigenvalue weighted by Gasteiger charge is 2.36. The summed E-state index contributed by atoms with van der Waals surface area (Å²) in [6.45, 7) is 7.12. The van der Waals surface area contributed by atoms with E-state index in [1.165, 1.54) is 12.5 Å². The van der Waals surface area contributed by atoms with Crippen LogP contribution in [-0.4, -0.2) is 54.2 Å². The van der Waals surface area contributed by atoms with Crippen molar-refractivity contribution in [2.24, 2.45) is 12.5 Å². The average molecular weight is 407 g/mol. The number of imidazole rings is 1. The number of morpholine rings is 1. The molecule has 10 heteroatoms. The number of ether oxygens (including phenoxy) is 1. The molecule has 1 aliphatic carbocycles. The summed E-state index contributed by atoms with van der Waals surface area (Å²) in [6, 6.07) is -0.385. The summed E-state index contributed by atoms with van der Waals surface area (Å²) in [6.07, 6.45) is 6.20. The Balaban J connectivity index is 1.64. The number of hydrogen-bond donors (Lipinski definition) is 1. The van der Waals surface area contributed by atoms with Gasteiger partial charge in [-0.2, -0.15) is 0 Å². The summed E-state index contributed by atoms with van der Waals surface area (Å²) in [5.41, 5.74) is 1.67. The van der Waals surface area contributed by atoms with Crippen molar-refractivity contribution < 1.29 is 13.2 Å². The lowest BCUT2D eigenvalue weighted by molar-refractivity contribution is 0.122. The number of nitrogens with zero attached hydrogens (tertiary/aromatic N) is 5. The Kier molecular flexibility index (Phi) is 4.88. The molecule has 1 fully saturated rings. The minimum absolute atomic E-state index is 0.0192. The fourth-order valence-electron chi connectivity index (χ4n) is 3.83. The Morgan fingerprint density at radius 3 is 2.68 bits per heavy atom. The SMILES string of the molecule is Cn1cnc(S(=O)(=O)N[C@@H]2CC(C)(C)Cc3nc(N4CCOCC4)ncc32)c1. The standard InChI is InChI=1S/C18H26N6O3S/c1-18(2)8-14-13(10-19-17(21-14)24-4-6-27-7-5-24)15(9-18)22-28(25,26)16-11-23(3)12-20-16/h10-12,15,22H,4-9H2,1-3H3/t15-/m1/s1. The Morgan fingerprint density at radius 1 is 1.25 bits per heavy atom. The van der Waals surface area contributed by atoms with Crippen molar-refractivity contribution in [3.8, 4) is 0 Å². The van der Waals surface area contributed by atoms with Crippen molar-refractivity contribution in [1.29, 1.82) is 0 Å². The molecular weight excluding hydrogens is 380 g/mol. The molecule has 2 aromatic rings. The molecule has 0 radical (unpaired) electrons. The molecule has 0 amide bonds. The van der Waals surface area contributed by atoms with Crippen molar-refractivity contribution in [2.45, 2.75) is 37.8 Å². The first-order valence-electron chi connectivity index (χ1n) is 9.42. The lowest BCUT2D eigenvalue weighted by atomic mass is 9.74. The number of rotatable bonds is 4. The summed E-state index contributed by atoms with van der Waals surface area (Å²) >= 11 is 0. The summed E-state index contributed by atoms with van der Waals surface area (Å²) in [4.78, 5) is 15.4. The molecule has 0 unspecified atom stereocenters. The van der Waals surface area contributed by atoms with E-state index in [4.69, 9.17) is 9.72 Å². The van der Waals surface area contributed by atoms with Gasteiger partial charge in [-0.3, -0.25) is 0 Å². The fourth-order valence-corrected chi connectivity index (χ4v) is 5.03. The molecule has 1 N–H and O–H groups in total. The molecule has 152 valence electrons. The van der Waals surface area contributed by atoms with Gasteiger partial charge < -0.3 is 14.2 Å². The molecule has 0 bridgehead atoms. The van der Waals surface area contributed by atoms with Gasteiger partial charge in [-0.05, 0) is 18.3 Å². The van der Waals surface area contributed by atoms with Crippen LogP contribution in [0, 0.1) is 5.41 Å². The lowest BCUT2D eigenvalue weighted by Crippen LogP contribution is -2.39. The maximum absolute atomic E-state index is 12.8. The summed E-state index contributed by atoms with van der Waals surface area (Å²) in [7, 11) is -1.98. The summed E-state index contributed by atoms with van der Waals surface area (Å²) in [5, 5.41) is 0.0192. The van der Waals surface area contributed by atoms with Crippen LogP contribution in [-0.2, 0) is 28.2 Å². The van der Waals surface area contributed by atoms with E-state index in [-0.39, 0.29) is 16.5 Å².